The van der Waals surface area contributed by atoms with E-state index >= 15 is 0 Å². The van der Waals surface area contributed by atoms with Gasteiger partial charge in [-0.25, -0.2) is 0 Å². The van der Waals surface area contributed by atoms with Crippen molar-refractivity contribution in [3.63, 3.8) is 0 Å². The van der Waals surface area contributed by atoms with Crippen molar-refractivity contribution in [3.05, 3.63) is 51.6 Å². The number of allylic oxidation sites excluding steroid dienone is 4. The molecule has 0 saturated carbocycles. The van der Waals surface area contributed by atoms with Crippen LogP contribution in [0, 0.1) is 11.8 Å². The summed E-state index contributed by atoms with van der Waals surface area (Å²) < 4.78 is 1.46. The average molecular weight is 310 g/mol. The van der Waals surface area contributed by atoms with Crippen LogP contribution in [0.1, 0.15) is 19.4 Å². The Kier molecular flexibility index (Phi) is 3.29. The molecule has 0 bridgehead atoms. The Morgan fingerprint density at radius 3 is 2.27 bits per heavy atom. The van der Waals surface area contributed by atoms with Gasteiger partial charge >= 0.3 is 0 Å². The fourth-order valence-corrected chi connectivity index (χ4v) is 2.69. The Bertz CT molecular complexity index is 401. The monoisotopic (exact) mass is 310 g/mol. The second-order valence-corrected chi connectivity index (χ2v) is 5.36. The lowest BCUT2D eigenvalue weighted by atomic mass is 9.81. The van der Waals surface area contributed by atoms with E-state index in [9.17, 15) is 0 Å². The molecule has 1 heteroatoms. The second-order valence-electron chi connectivity index (χ2n) is 4.12. The van der Waals surface area contributed by atoms with Gasteiger partial charge in [0, 0.05) is 0 Å². The van der Waals surface area contributed by atoms with Crippen LogP contribution in [0.25, 0.3) is 5.57 Å². The third-order valence-corrected chi connectivity index (χ3v) is 4.55. The SMILES string of the molecule is CC1C(I)=CC=C(c2ccccc2)C1C. The first kappa shape index (κ1) is 10.9. The molecule has 2 unspecified atom stereocenters. The molecule has 1 aliphatic carbocycles. The summed E-state index contributed by atoms with van der Waals surface area (Å²) in [5.41, 5.74) is 2.82. The predicted molar refractivity (Wildman–Crippen MR) is 74.9 cm³/mol. The highest BCUT2D eigenvalue weighted by Gasteiger charge is 2.22. The Morgan fingerprint density at radius 2 is 1.60 bits per heavy atom. The van der Waals surface area contributed by atoms with E-state index in [-0.39, 0.29) is 0 Å². The molecule has 0 radical (unpaired) electrons. The molecule has 2 atom stereocenters. The van der Waals surface area contributed by atoms with Crippen molar-refractivity contribution in [2.75, 3.05) is 0 Å². The summed E-state index contributed by atoms with van der Waals surface area (Å²) in [5.74, 6) is 1.26. The first-order chi connectivity index (χ1) is 7.20. The lowest BCUT2D eigenvalue weighted by Gasteiger charge is -2.26. The smallest absolute Gasteiger partial charge is 0.00597 e. The topological polar surface area (TPSA) is 0 Å². The summed E-state index contributed by atoms with van der Waals surface area (Å²) in [7, 11) is 0. The minimum absolute atomic E-state index is 0.615. The first-order valence-electron chi connectivity index (χ1n) is 5.33. The molecule has 1 aromatic carbocycles. The van der Waals surface area contributed by atoms with Gasteiger partial charge in [-0.2, -0.15) is 0 Å². The number of rotatable bonds is 1. The molecular weight excluding hydrogens is 295 g/mol. The van der Waals surface area contributed by atoms with E-state index in [2.05, 4.69) is 78.9 Å². The van der Waals surface area contributed by atoms with Crippen LogP contribution in [0.15, 0.2) is 46.1 Å². The molecule has 0 N–H and O–H groups in total. The molecule has 78 valence electrons. The van der Waals surface area contributed by atoms with Crippen LogP contribution in [0.2, 0.25) is 0 Å². The van der Waals surface area contributed by atoms with Crippen molar-refractivity contribution in [2.24, 2.45) is 11.8 Å². The fourth-order valence-electron chi connectivity index (χ4n) is 1.97. The molecule has 0 nitrogen and oxygen atoms in total. The predicted octanol–water partition coefficient (Wildman–Crippen LogP) is 4.67. The number of hydrogen-bond acceptors (Lipinski definition) is 0. The van der Waals surface area contributed by atoms with Gasteiger partial charge in [0.25, 0.3) is 0 Å². The van der Waals surface area contributed by atoms with Crippen molar-refractivity contribution in [1.82, 2.24) is 0 Å². The van der Waals surface area contributed by atoms with E-state index in [1.165, 1.54) is 14.7 Å². The molecule has 0 saturated heterocycles. The van der Waals surface area contributed by atoms with Gasteiger partial charge in [-0.05, 0) is 49.1 Å². The third-order valence-electron chi connectivity index (χ3n) is 3.20. The summed E-state index contributed by atoms with van der Waals surface area (Å²) in [6.45, 7) is 4.62. The minimum atomic E-state index is 0.615. The van der Waals surface area contributed by atoms with Crippen molar-refractivity contribution < 1.29 is 0 Å². The molecule has 0 fully saturated rings. The number of benzene rings is 1. The minimum Gasteiger partial charge on any atom is -0.0622 e. The van der Waals surface area contributed by atoms with Gasteiger partial charge < -0.3 is 0 Å². The summed E-state index contributed by atoms with van der Waals surface area (Å²) >= 11 is 2.44. The summed E-state index contributed by atoms with van der Waals surface area (Å²) in [5, 5.41) is 0. The van der Waals surface area contributed by atoms with E-state index in [1.54, 1.807) is 0 Å². The molecule has 0 heterocycles. The standard InChI is InChI=1S/C14H15I/c1-10-11(2)14(15)9-8-13(10)12-6-4-3-5-7-12/h3-11H,1-2H3. The van der Waals surface area contributed by atoms with Gasteiger partial charge in [-0.1, -0.05) is 56.3 Å². The fraction of sp³-hybridized carbons (Fsp3) is 0.286. The Labute approximate surface area is 105 Å². The van der Waals surface area contributed by atoms with E-state index < -0.39 is 0 Å². The normalized spacial score (nSPS) is 25.8. The van der Waals surface area contributed by atoms with Gasteiger partial charge in [0.05, 0.1) is 0 Å². The summed E-state index contributed by atoms with van der Waals surface area (Å²) in [6, 6.07) is 10.7. The number of hydrogen-bond donors (Lipinski definition) is 0. The van der Waals surface area contributed by atoms with E-state index in [4.69, 9.17) is 0 Å². The molecule has 0 amide bonds. The van der Waals surface area contributed by atoms with Crippen LogP contribution in [0.4, 0.5) is 0 Å². The Morgan fingerprint density at radius 1 is 0.933 bits per heavy atom. The maximum Gasteiger partial charge on any atom is -0.00597 e. The molecular formula is C14H15I. The molecule has 1 aromatic rings. The summed E-state index contributed by atoms with van der Waals surface area (Å²) in [6.07, 6.45) is 4.51. The maximum absolute atomic E-state index is 2.44. The second kappa shape index (κ2) is 4.52. The van der Waals surface area contributed by atoms with Gasteiger partial charge in [0.2, 0.25) is 0 Å². The van der Waals surface area contributed by atoms with Crippen LogP contribution in [0.5, 0.6) is 0 Å². The molecule has 0 aromatic heterocycles. The zero-order valence-corrected chi connectivity index (χ0v) is 11.2. The van der Waals surface area contributed by atoms with Gasteiger partial charge in [0.15, 0.2) is 0 Å². The van der Waals surface area contributed by atoms with E-state index in [0.717, 1.165) is 0 Å². The average Bonchev–Trinajstić information content (AvgIpc) is 2.27. The third kappa shape index (κ3) is 2.17. The lowest BCUT2D eigenvalue weighted by Crippen LogP contribution is -2.13. The van der Waals surface area contributed by atoms with Crippen LogP contribution in [-0.4, -0.2) is 0 Å². The van der Waals surface area contributed by atoms with Crippen LogP contribution in [-0.2, 0) is 0 Å². The van der Waals surface area contributed by atoms with E-state index in [0.29, 0.717) is 11.8 Å². The zero-order chi connectivity index (χ0) is 10.8. The molecule has 15 heavy (non-hydrogen) atoms. The van der Waals surface area contributed by atoms with Crippen molar-refractivity contribution in [2.45, 2.75) is 13.8 Å². The number of halogens is 1. The largest absolute Gasteiger partial charge is 0.0622 e. The van der Waals surface area contributed by atoms with Crippen molar-refractivity contribution in [1.29, 1.82) is 0 Å². The van der Waals surface area contributed by atoms with Crippen molar-refractivity contribution in [3.8, 4) is 0 Å². The highest BCUT2D eigenvalue weighted by atomic mass is 127. The van der Waals surface area contributed by atoms with Crippen LogP contribution < -0.4 is 0 Å². The maximum atomic E-state index is 2.44. The molecule has 2 rings (SSSR count). The Hall–Kier alpha value is -0.570. The highest BCUT2D eigenvalue weighted by Crippen LogP contribution is 2.38. The zero-order valence-electron chi connectivity index (χ0n) is 9.07. The Balaban J connectivity index is 2.39. The lowest BCUT2D eigenvalue weighted by molar-refractivity contribution is 0.564. The van der Waals surface area contributed by atoms with Crippen LogP contribution >= 0.6 is 22.6 Å². The van der Waals surface area contributed by atoms with Crippen molar-refractivity contribution >= 4 is 28.2 Å². The van der Waals surface area contributed by atoms with Gasteiger partial charge in [0.1, 0.15) is 0 Å². The first-order valence-corrected chi connectivity index (χ1v) is 6.40. The quantitative estimate of drug-likeness (QED) is 0.661. The van der Waals surface area contributed by atoms with Gasteiger partial charge in [-0.15, -0.1) is 0 Å². The van der Waals surface area contributed by atoms with Gasteiger partial charge in [-0.3, -0.25) is 0 Å². The van der Waals surface area contributed by atoms with Crippen LogP contribution in [0.3, 0.4) is 0 Å². The van der Waals surface area contributed by atoms with E-state index in [1.807, 2.05) is 0 Å². The molecule has 0 aliphatic heterocycles. The highest BCUT2D eigenvalue weighted by molar-refractivity contribution is 14.1. The summed E-state index contributed by atoms with van der Waals surface area (Å²) in [4.78, 5) is 0. The molecule has 0 spiro atoms. The molecule has 1 aliphatic rings.